The van der Waals surface area contributed by atoms with E-state index in [1.165, 1.54) is 0 Å². The lowest BCUT2D eigenvalue weighted by Crippen LogP contribution is -2.43. The van der Waals surface area contributed by atoms with Crippen molar-refractivity contribution in [2.24, 2.45) is 4.99 Å². The van der Waals surface area contributed by atoms with Crippen LogP contribution in [0.4, 0.5) is 5.69 Å². The number of aromatic nitrogens is 2. The third-order valence-electron chi connectivity index (χ3n) is 7.53. The van der Waals surface area contributed by atoms with Crippen molar-refractivity contribution in [2.75, 3.05) is 31.2 Å². The summed E-state index contributed by atoms with van der Waals surface area (Å²) < 4.78 is 7.18. The molecule has 0 radical (unpaired) electrons. The van der Waals surface area contributed by atoms with Crippen LogP contribution in [0.1, 0.15) is 23.2 Å². The van der Waals surface area contributed by atoms with Gasteiger partial charge in [0.1, 0.15) is 5.65 Å². The smallest absolute Gasteiger partial charge is 0.261 e. The molecular weight excluding hydrogens is 484 g/mol. The number of aliphatic imine (C=N–C) groups is 1. The number of nitrogens with one attached hydrogen (secondary N) is 1. The summed E-state index contributed by atoms with van der Waals surface area (Å²) in [6.45, 7) is 2.34. The van der Waals surface area contributed by atoms with Crippen LogP contribution in [0.5, 0.6) is 0 Å². The van der Waals surface area contributed by atoms with E-state index < -0.39 is 11.8 Å². The van der Waals surface area contributed by atoms with Crippen molar-refractivity contribution in [3.63, 3.8) is 0 Å². The molecule has 3 amide bonds. The lowest BCUT2D eigenvalue weighted by atomic mass is 9.94. The molecule has 0 bridgehead atoms. The molecule has 1 unspecified atom stereocenters. The molecule has 4 aliphatic rings. The SMILES string of the molecule is O=C1NC(=O)C(c2cnc3ccccn23)=C1C1=NC=CN2c3c(cccc31)CC2CC(=O)N1CCOCC1. The molecule has 4 aliphatic heterocycles. The molecule has 0 spiro atoms. The summed E-state index contributed by atoms with van der Waals surface area (Å²) in [5.41, 5.74) is 4.81. The Morgan fingerprint density at radius 1 is 1.05 bits per heavy atom. The number of hydrogen-bond donors (Lipinski definition) is 1. The van der Waals surface area contributed by atoms with Crippen LogP contribution in [0.15, 0.2) is 71.8 Å². The lowest BCUT2D eigenvalue weighted by Gasteiger charge is -2.30. The first-order chi connectivity index (χ1) is 18.6. The number of fused-ring (bicyclic) bond motifs is 1. The normalized spacial score (nSPS) is 20.6. The Morgan fingerprint density at radius 3 is 2.76 bits per heavy atom. The molecule has 10 heteroatoms. The number of ether oxygens (including phenoxy) is 1. The topological polar surface area (TPSA) is 109 Å². The molecule has 10 nitrogen and oxygen atoms in total. The number of amides is 3. The number of imidazole rings is 1. The summed E-state index contributed by atoms with van der Waals surface area (Å²) in [6.07, 6.45) is 7.98. The Morgan fingerprint density at radius 2 is 1.89 bits per heavy atom. The summed E-state index contributed by atoms with van der Waals surface area (Å²) in [4.78, 5) is 52.4. The number of carbonyl (C=O) groups is 3. The molecule has 38 heavy (non-hydrogen) atoms. The third-order valence-corrected chi connectivity index (χ3v) is 7.53. The van der Waals surface area contributed by atoms with Gasteiger partial charge in [0.15, 0.2) is 0 Å². The Hall–Kier alpha value is -4.57. The van der Waals surface area contributed by atoms with E-state index in [1.54, 1.807) is 16.8 Å². The highest BCUT2D eigenvalue weighted by Gasteiger charge is 2.40. The Bertz CT molecular complexity index is 1610. The van der Waals surface area contributed by atoms with Crippen molar-refractivity contribution in [2.45, 2.75) is 18.9 Å². The Balaban J connectivity index is 1.30. The monoisotopic (exact) mass is 508 g/mol. The fraction of sp³-hybridized carbons (Fsp3) is 0.250. The zero-order valence-corrected chi connectivity index (χ0v) is 20.5. The van der Waals surface area contributed by atoms with Crippen molar-refractivity contribution in [1.29, 1.82) is 0 Å². The highest BCUT2D eigenvalue weighted by molar-refractivity contribution is 6.47. The van der Waals surface area contributed by atoms with E-state index in [2.05, 4.69) is 20.2 Å². The van der Waals surface area contributed by atoms with Crippen LogP contribution in [-0.2, 0) is 25.5 Å². The quantitative estimate of drug-likeness (QED) is 0.538. The van der Waals surface area contributed by atoms with Crippen LogP contribution >= 0.6 is 0 Å². The largest absolute Gasteiger partial charge is 0.378 e. The number of hydrogen-bond acceptors (Lipinski definition) is 7. The number of rotatable bonds is 4. The number of anilines is 1. The zero-order chi connectivity index (χ0) is 25.8. The van der Waals surface area contributed by atoms with E-state index in [1.807, 2.05) is 53.7 Å². The average molecular weight is 509 g/mol. The minimum Gasteiger partial charge on any atom is -0.378 e. The van der Waals surface area contributed by atoms with Crippen molar-refractivity contribution in [3.05, 3.63) is 83.6 Å². The van der Waals surface area contributed by atoms with Gasteiger partial charge in [0.25, 0.3) is 11.8 Å². The van der Waals surface area contributed by atoms with Crippen molar-refractivity contribution in [1.82, 2.24) is 19.6 Å². The summed E-state index contributed by atoms with van der Waals surface area (Å²) >= 11 is 0. The van der Waals surface area contributed by atoms with Crippen LogP contribution < -0.4 is 10.2 Å². The van der Waals surface area contributed by atoms with Crippen LogP contribution in [0.2, 0.25) is 0 Å². The van der Waals surface area contributed by atoms with E-state index in [-0.39, 0.29) is 23.1 Å². The fourth-order valence-electron chi connectivity index (χ4n) is 5.79. The Labute approximate surface area is 217 Å². The van der Waals surface area contributed by atoms with Crippen molar-refractivity contribution < 1.29 is 19.1 Å². The predicted octanol–water partition coefficient (Wildman–Crippen LogP) is 1.70. The maximum Gasteiger partial charge on any atom is 0.261 e. The molecule has 7 rings (SSSR count). The van der Waals surface area contributed by atoms with E-state index in [0.29, 0.717) is 56.2 Å². The minimum absolute atomic E-state index is 0.0708. The minimum atomic E-state index is -0.494. The number of imide groups is 1. The molecule has 0 aliphatic carbocycles. The molecule has 1 fully saturated rings. The van der Waals surface area contributed by atoms with Gasteiger partial charge >= 0.3 is 0 Å². The first-order valence-electron chi connectivity index (χ1n) is 12.6. The highest BCUT2D eigenvalue weighted by Crippen LogP contribution is 2.41. The fourth-order valence-corrected chi connectivity index (χ4v) is 5.79. The second-order valence-electron chi connectivity index (χ2n) is 9.66. The molecule has 6 heterocycles. The first-order valence-corrected chi connectivity index (χ1v) is 12.6. The summed E-state index contributed by atoms with van der Waals surface area (Å²) in [6, 6.07) is 11.4. The van der Waals surface area contributed by atoms with Crippen molar-refractivity contribution >= 4 is 40.3 Å². The average Bonchev–Trinajstić information content (AvgIpc) is 3.55. The molecule has 1 saturated heterocycles. The van der Waals surface area contributed by atoms with Gasteiger partial charge in [-0.3, -0.25) is 29.1 Å². The van der Waals surface area contributed by atoms with Crippen molar-refractivity contribution in [3.8, 4) is 0 Å². The molecule has 1 atom stereocenters. The molecule has 1 N–H and O–H groups in total. The molecule has 3 aromatic rings. The summed E-state index contributed by atoms with van der Waals surface area (Å²) in [7, 11) is 0. The van der Waals surface area contributed by atoms with Gasteiger partial charge in [-0.1, -0.05) is 24.3 Å². The third kappa shape index (κ3) is 3.48. The number of morpholine rings is 1. The van der Waals surface area contributed by atoms with Crippen LogP contribution in [0.3, 0.4) is 0 Å². The maximum atomic E-state index is 13.2. The molecular formula is C28H24N6O4. The van der Waals surface area contributed by atoms with E-state index in [9.17, 15) is 14.4 Å². The Kier molecular flexibility index (Phi) is 5.22. The molecule has 190 valence electrons. The number of nitrogens with zero attached hydrogens (tertiary/aromatic N) is 5. The molecule has 0 saturated carbocycles. The van der Waals surface area contributed by atoms with Gasteiger partial charge in [0.2, 0.25) is 5.91 Å². The standard InChI is InChI=1S/C28H24N6O4/c35-22(32-10-12-38-13-11-32)15-18-14-17-4-3-5-19-25(29-7-9-33(18)26(17)19)24-23(27(36)31-28(24)37)20-16-30-21-6-1-2-8-34(20)21/h1-9,16,18H,10-15H2,(H,31,36,37). The van der Waals surface area contributed by atoms with Crippen LogP contribution in [0, 0.1) is 0 Å². The lowest BCUT2D eigenvalue weighted by molar-refractivity contribution is -0.135. The van der Waals surface area contributed by atoms with Crippen LogP contribution in [-0.4, -0.2) is 70.1 Å². The van der Waals surface area contributed by atoms with E-state index >= 15 is 0 Å². The van der Waals surface area contributed by atoms with Crippen LogP contribution in [0.25, 0.3) is 11.2 Å². The van der Waals surface area contributed by atoms with Gasteiger partial charge < -0.3 is 14.5 Å². The first kappa shape index (κ1) is 22.6. The van der Waals surface area contributed by atoms with Gasteiger partial charge in [-0.15, -0.1) is 0 Å². The molecule has 2 aromatic heterocycles. The molecule has 1 aromatic carbocycles. The summed E-state index contributed by atoms with van der Waals surface area (Å²) in [5.74, 6) is -0.874. The zero-order valence-electron chi connectivity index (χ0n) is 20.5. The van der Waals surface area contributed by atoms with Gasteiger partial charge in [0.05, 0.1) is 47.6 Å². The van der Waals surface area contributed by atoms with Gasteiger partial charge in [0, 0.05) is 49.7 Å². The van der Waals surface area contributed by atoms with E-state index in [0.717, 1.165) is 16.8 Å². The second kappa shape index (κ2) is 8.77. The summed E-state index contributed by atoms with van der Waals surface area (Å²) in [5, 5.41) is 2.46. The number of pyridine rings is 1. The van der Waals surface area contributed by atoms with Gasteiger partial charge in [-0.2, -0.15) is 0 Å². The highest BCUT2D eigenvalue weighted by atomic mass is 16.5. The number of benzene rings is 1. The predicted molar refractivity (Wildman–Crippen MR) is 139 cm³/mol. The second-order valence-corrected chi connectivity index (χ2v) is 9.66. The number of para-hydroxylation sites is 1. The van der Waals surface area contributed by atoms with Gasteiger partial charge in [-0.05, 0) is 24.1 Å². The van der Waals surface area contributed by atoms with Gasteiger partial charge in [-0.25, -0.2) is 4.98 Å². The van der Waals surface area contributed by atoms with E-state index in [4.69, 9.17) is 4.74 Å². The maximum absolute atomic E-state index is 13.2. The number of carbonyl (C=O) groups excluding carboxylic acids is 3.